The normalized spacial score (nSPS) is 12.0. The zero-order valence-electron chi connectivity index (χ0n) is 6.70. The van der Waals surface area contributed by atoms with Crippen LogP contribution in [0.3, 0.4) is 0 Å². The maximum atomic E-state index is 8.52. The third-order valence-electron chi connectivity index (χ3n) is 1.67. The molecule has 0 spiro atoms. The Morgan fingerprint density at radius 1 is 1.33 bits per heavy atom. The van der Waals surface area contributed by atoms with Crippen LogP contribution in [-0.4, -0.2) is 4.83 Å². The van der Waals surface area contributed by atoms with Crippen LogP contribution in [0.5, 0.6) is 0 Å². The second-order valence-electron chi connectivity index (χ2n) is 2.62. The van der Waals surface area contributed by atoms with E-state index >= 15 is 0 Å². The zero-order valence-corrected chi connectivity index (χ0v) is 8.29. The summed E-state index contributed by atoms with van der Waals surface area (Å²) in [7, 11) is 0. The maximum Gasteiger partial charge on any atom is 0.102 e. The number of halogens is 1. The van der Waals surface area contributed by atoms with E-state index in [1.807, 2.05) is 18.2 Å². The van der Waals surface area contributed by atoms with Gasteiger partial charge in [0.15, 0.2) is 0 Å². The summed E-state index contributed by atoms with van der Waals surface area (Å²) in [5.41, 5.74) is 1.29. The SMILES string of the molecule is N#C[C@H](Br)CCc1ccccc1. The average Bonchev–Trinajstić information content (AvgIpc) is 2.16. The fraction of sp³-hybridized carbons (Fsp3) is 0.300. The molecule has 0 bridgehead atoms. The molecule has 0 aliphatic rings. The molecule has 0 heterocycles. The van der Waals surface area contributed by atoms with Crippen molar-refractivity contribution >= 4 is 15.9 Å². The van der Waals surface area contributed by atoms with E-state index < -0.39 is 0 Å². The molecule has 1 aromatic rings. The van der Waals surface area contributed by atoms with Crippen LogP contribution < -0.4 is 0 Å². The highest BCUT2D eigenvalue weighted by Gasteiger charge is 2.00. The van der Waals surface area contributed by atoms with Crippen molar-refractivity contribution in [1.82, 2.24) is 0 Å². The molecule has 0 radical (unpaired) electrons. The van der Waals surface area contributed by atoms with Crippen molar-refractivity contribution in [2.45, 2.75) is 17.7 Å². The summed E-state index contributed by atoms with van der Waals surface area (Å²) in [6.07, 6.45) is 1.84. The van der Waals surface area contributed by atoms with Gasteiger partial charge in [-0.05, 0) is 18.4 Å². The zero-order chi connectivity index (χ0) is 8.81. The van der Waals surface area contributed by atoms with E-state index in [-0.39, 0.29) is 4.83 Å². The summed E-state index contributed by atoms with van der Waals surface area (Å²) in [4.78, 5) is -0.0160. The third kappa shape index (κ3) is 3.06. The lowest BCUT2D eigenvalue weighted by molar-refractivity contribution is 0.872. The predicted octanol–water partition coefficient (Wildman–Crippen LogP) is 2.91. The molecule has 0 N–H and O–H groups in total. The summed E-state index contributed by atoms with van der Waals surface area (Å²) >= 11 is 3.27. The Balaban J connectivity index is 2.40. The van der Waals surface area contributed by atoms with Gasteiger partial charge in [-0.2, -0.15) is 5.26 Å². The minimum atomic E-state index is -0.0160. The molecule has 12 heavy (non-hydrogen) atoms. The molecule has 0 aliphatic heterocycles. The minimum absolute atomic E-state index is 0.0160. The third-order valence-corrected chi connectivity index (χ3v) is 2.33. The summed E-state index contributed by atoms with van der Waals surface area (Å²) in [6.45, 7) is 0. The summed E-state index contributed by atoms with van der Waals surface area (Å²) < 4.78 is 0. The Morgan fingerprint density at radius 3 is 2.58 bits per heavy atom. The average molecular weight is 224 g/mol. The topological polar surface area (TPSA) is 23.8 Å². The molecule has 62 valence electrons. The van der Waals surface area contributed by atoms with Crippen LogP contribution in [0.1, 0.15) is 12.0 Å². The lowest BCUT2D eigenvalue weighted by Crippen LogP contribution is -1.95. The van der Waals surface area contributed by atoms with Crippen molar-refractivity contribution in [3.63, 3.8) is 0 Å². The second-order valence-corrected chi connectivity index (χ2v) is 3.73. The van der Waals surface area contributed by atoms with Gasteiger partial charge in [0.1, 0.15) is 4.83 Å². The van der Waals surface area contributed by atoms with Gasteiger partial charge in [-0.15, -0.1) is 0 Å². The number of alkyl halides is 1. The van der Waals surface area contributed by atoms with Crippen molar-refractivity contribution in [2.24, 2.45) is 0 Å². The molecule has 0 amide bonds. The molecule has 0 aromatic heterocycles. The summed E-state index contributed by atoms with van der Waals surface area (Å²) in [6, 6.07) is 12.3. The first kappa shape index (κ1) is 9.28. The van der Waals surface area contributed by atoms with Gasteiger partial charge in [0.2, 0.25) is 0 Å². The van der Waals surface area contributed by atoms with Crippen LogP contribution in [0.15, 0.2) is 30.3 Å². The number of benzene rings is 1. The molecule has 0 saturated heterocycles. The first-order valence-electron chi connectivity index (χ1n) is 3.90. The molecular formula is C10H10BrN. The Labute approximate surface area is 81.2 Å². The van der Waals surface area contributed by atoms with Crippen LogP contribution >= 0.6 is 15.9 Å². The van der Waals surface area contributed by atoms with E-state index in [4.69, 9.17) is 5.26 Å². The molecule has 0 saturated carbocycles. The number of nitrogens with zero attached hydrogens (tertiary/aromatic N) is 1. The number of hydrogen-bond donors (Lipinski definition) is 0. The number of hydrogen-bond acceptors (Lipinski definition) is 1. The van der Waals surface area contributed by atoms with Gasteiger partial charge >= 0.3 is 0 Å². The van der Waals surface area contributed by atoms with E-state index in [1.54, 1.807) is 0 Å². The number of aryl methyl sites for hydroxylation is 1. The van der Waals surface area contributed by atoms with Gasteiger partial charge in [-0.1, -0.05) is 46.3 Å². The molecule has 0 fully saturated rings. The smallest absolute Gasteiger partial charge is 0.102 e. The molecule has 2 heteroatoms. The Kier molecular flexibility index (Phi) is 3.83. The van der Waals surface area contributed by atoms with Crippen LogP contribution in [0.2, 0.25) is 0 Å². The lowest BCUT2D eigenvalue weighted by atomic mass is 10.1. The van der Waals surface area contributed by atoms with Crippen LogP contribution in [0.4, 0.5) is 0 Å². The monoisotopic (exact) mass is 223 g/mol. The van der Waals surface area contributed by atoms with E-state index in [2.05, 4.69) is 34.1 Å². The largest absolute Gasteiger partial charge is 0.197 e. The fourth-order valence-electron chi connectivity index (χ4n) is 1.00. The van der Waals surface area contributed by atoms with Gasteiger partial charge in [0.05, 0.1) is 6.07 Å². The molecule has 1 nitrogen and oxygen atoms in total. The van der Waals surface area contributed by atoms with E-state index in [0.29, 0.717) is 0 Å². The van der Waals surface area contributed by atoms with Crippen molar-refractivity contribution in [3.8, 4) is 6.07 Å². The fourth-order valence-corrected chi connectivity index (χ4v) is 1.23. The Morgan fingerprint density at radius 2 is 2.00 bits per heavy atom. The molecule has 1 atom stereocenters. The maximum absolute atomic E-state index is 8.52. The van der Waals surface area contributed by atoms with Gasteiger partial charge < -0.3 is 0 Å². The van der Waals surface area contributed by atoms with E-state index in [9.17, 15) is 0 Å². The summed E-state index contributed by atoms with van der Waals surface area (Å²) in [5.74, 6) is 0. The first-order valence-corrected chi connectivity index (χ1v) is 4.82. The van der Waals surface area contributed by atoms with E-state index in [0.717, 1.165) is 12.8 Å². The second kappa shape index (κ2) is 4.95. The van der Waals surface area contributed by atoms with Crippen molar-refractivity contribution in [1.29, 1.82) is 5.26 Å². The Bertz CT molecular complexity index is 263. The highest BCUT2D eigenvalue weighted by molar-refractivity contribution is 9.09. The van der Waals surface area contributed by atoms with Crippen molar-refractivity contribution < 1.29 is 0 Å². The van der Waals surface area contributed by atoms with Crippen molar-refractivity contribution in [3.05, 3.63) is 35.9 Å². The minimum Gasteiger partial charge on any atom is -0.197 e. The van der Waals surface area contributed by atoms with Gasteiger partial charge in [-0.25, -0.2) is 0 Å². The predicted molar refractivity (Wildman–Crippen MR) is 53.1 cm³/mol. The van der Waals surface area contributed by atoms with Gasteiger partial charge in [-0.3, -0.25) is 0 Å². The molecule has 0 unspecified atom stereocenters. The van der Waals surface area contributed by atoms with Crippen molar-refractivity contribution in [2.75, 3.05) is 0 Å². The highest BCUT2D eigenvalue weighted by atomic mass is 79.9. The summed E-state index contributed by atoms with van der Waals surface area (Å²) in [5, 5.41) is 8.52. The first-order chi connectivity index (χ1) is 5.83. The number of nitriles is 1. The molecule has 1 rings (SSSR count). The molecular weight excluding hydrogens is 214 g/mol. The Hall–Kier alpha value is -0.810. The number of rotatable bonds is 3. The van der Waals surface area contributed by atoms with Gasteiger partial charge in [0, 0.05) is 0 Å². The van der Waals surface area contributed by atoms with Crippen LogP contribution in [-0.2, 0) is 6.42 Å². The lowest BCUT2D eigenvalue weighted by Gasteiger charge is -2.00. The highest BCUT2D eigenvalue weighted by Crippen LogP contribution is 2.09. The van der Waals surface area contributed by atoms with Crippen LogP contribution in [0, 0.1) is 11.3 Å². The molecule has 0 aliphatic carbocycles. The standard InChI is InChI=1S/C10H10BrN/c11-10(8-12)7-6-9-4-2-1-3-5-9/h1-5,10H,6-7H2/t10-/m1/s1. The van der Waals surface area contributed by atoms with E-state index in [1.165, 1.54) is 5.56 Å². The molecule has 1 aromatic carbocycles. The van der Waals surface area contributed by atoms with Gasteiger partial charge in [0.25, 0.3) is 0 Å². The quantitative estimate of drug-likeness (QED) is 0.724. The van der Waals surface area contributed by atoms with Crippen LogP contribution in [0.25, 0.3) is 0 Å².